The summed E-state index contributed by atoms with van der Waals surface area (Å²) in [5.41, 5.74) is 1.50. The number of carbonyl (C=O) groups excluding carboxylic acids is 1. The Morgan fingerprint density at radius 2 is 1.91 bits per heavy atom. The van der Waals surface area contributed by atoms with Crippen molar-refractivity contribution in [3.05, 3.63) is 68.5 Å². The van der Waals surface area contributed by atoms with Crippen LogP contribution in [0.3, 0.4) is 0 Å². The Bertz CT molecular complexity index is 1270. The molecule has 32 heavy (non-hydrogen) atoms. The smallest absolute Gasteiger partial charge is 0.266 e. The molecule has 0 unspecified atom stereocenters. The van der Waals surface area contributed by atoms with E-state index in [1.54, 1.807) is 25.2 Å². The summed E-state index contributed by atoms with van der Waals surface area (Å²) in [7, 11) is 3.25. The number of amides is 1. The molecule has 1 amide bonds. The van der Waals surface area contributed by atoms with Crippen molar-refractivity contribution >= 4 is 72.9 Å². The number of hydrogen-bond acceptors (Lipinski definition) is 5. The Kier molecular flexibility index (Phi) is 6.79. The molecule has 3 aromatic rings. The number of halogens is 2. The van der Waals surface area contributed by atoms with Crippen molar-refractivity contribution in [3.63, 3.8) is 0 Å². The van der Waals surface area contributed by atoms with Crippen LogP contribution in [0.15, 0.2) is 62.9 Å². The largest absolute Gasteiger partial charge is 0.497 e. The van der Waals surface area contributed by atoms with Gasteiger partial charge in [0.15, 0.2) is 5.17 Å². The molecule has 0 aromatic heterocycles. The first kappa shape index (κ1) is 22.7. The Morgan fingerprint density at radius 1 is 1.12 bits per heavy atom. The molecule has 4 rings (SSSR count). The Balaban J connectivity index is 1.80. The van der Waals surface area contributed by atoms with Gasteiger partial charge in [0.2, 0.25) is 0 Å². The molecule has 8 heteroatoms. The molecule has 0 N–H and O–H groups in total. The van der Waals surface area contributed by atoms with E-state index in [0.29, 0.717) is 33.1 Å². The Labute approximate surface area is 204 Å². The summed E-state index contributed by atoms with van der Waals surface area (Å²) in [5.74, 6) is 1.32. The van der Waals surface area contributed by atoms with Crippen LogP contribution in [-0.2, 0) is 4.79 Å². The van der Waals surface area contributed by atoms with E-state index < -0.39 is 0 Å². The van der Waals surface area contributed by atoms with E-state index in [-0.39, 0.29) is 5.91 Å². The summed E-state index contributed by atoms with van der Waals surface area (Å²) in [4.78, 5) is 20.1. The third-order valence-electron chi connectivity index (χ3n) is 5.06. The number of benzene rings is 3. The molecular formula is C24H20BrClN2O3S. The topological polar surface area (TPSA) is 51.1 Å². The number of carbonyl (C=O) groups is 1. The molecule has 0 spiro atoms. The summed E-state index contributed by atoms with van der Waals surface area (Å²) >= 11 is 10.9. The highest BCUT2D eigenvalue weighted by atomic mass is 79.9. The standard InChI is InChI=1S/C24H20BrClN2O3S/c1-4-28-23(29)22(32-24(28)27-15-7-9-19(25)20(26)11-15)13-18-17-12-16(30-2)8-5-14(17)6-10-21(18)31-3/h5-13H,4H2,1-3H3/b22-13+,27-24?. The van der Waals surface area contributed by atoms with Gasteiger partial charge in [0.1, 0.15) is 11.5 Å². The summed E-state index contributed by atoms with van der Waals surface area (Å²) in [6.45, 7) is 2.43. The first-order valence-electron chi connectivity index (χ1n) is 9.85. The molecule has 5 nitrogen and oxygen atoms in total. The minimum absolute atomic E-state index is 0.0959. The van der Waals surface area contributed by atoms with E-state index in [4.69, 9.17) is 21.1 Å². The van der Waals surface area contributed by atoms with Gasteiger partial charge in [-0.15, -0.1) is 0 Å². The normalized spacial score (nSPS) is 16.4. The number of aliphatic imine (C=N–C) groups is 1. The molecule has 3 aromatic carbocycles. The molecule has 0 radical (unpaired) electrons. The van der Waals surface area contributed by atoms with Gasteiger partial charge in [-0.2, -0.15) is 0 Å². The molecule has 164 valence electrons. The highest BCUT2D eigenvalue weighted by Crippen LogP contribution is 2.39. The number of hydrogen-bond donors (Lipinski definition) is 0. The van der Waals surface area contributed by atoms with Gasteiger partial charge in [-0.1, -0.05) is 23.7 Å². The number of ether oxygens (including phenoxy) is 2. The molecule has 0 atom stereocenters. The fourth-order valence-corrected chi connectivity index (χ4v) is 4.89. The summed E-state index contributed by atoms with van der Waals surface area (Å²) in [6, 6.07) is 15.2. The van der Waals surface area contributed by atoms with E-state index in [1.807, 2.05) is 55.5 Å². The number of nitrogens with zero attached hydrogens (tertiary/aromatic N) is 2. The van der Waals surface area contributed by atoms with Crippen LogP contribution in [0.5, 0.6) is 11.5 Å². The molecule has 0 bridgehead atoms. The van der Waals surface area contributed by atoms with Crippen molar-refractivity contribution in [1.29, 1.82) is 0 Å². The minimum Gasteiger partial charge on any atom is -0.497 e. The number of methoxy groups -OCH3 is 2. The minimum atomic E-state index is -0.0959. The highest BCUT2D eigenvalue weighted by Gasteiger charge is 2.32. The monoisotopic (exact) mass is 530 g/mol. The first-order valence-corrected chi connectivity index (χ1v) is 11.8. The maximum Gasteiger partial charge on any atom is 0.266 e. The van der Waals surface area contributed by atoms with Crippen LogP contribution in [-0.4, -0.2) is 36.7 Å². The maximum atomic E-state index is 13.2. The molecular weight excluding hydrogens is 512 g/mol. The predicted molar refractivity (Wildman–Crippen MR) is 136 cm³/mol. The van der Waals surface area contributed by atoms with Crippen molar-refractivity contribution in [2.24, 2.45) is 4.99 Å². The predicted octanol–water partition coefficient (Wildman–Crippen LogP) is 6.90. The van der Waals surface area contributed by atoms with Gasteiger partial charge in [-0.3, -0.25) is 9.69 Å². The lowest BCUT2D eigenvalue weighted by Gasteiger charge is -2.12. The molecule has 1 aliphatic rings. The Morgan fingerprint density at radius 3 is 2.59 bits per heavy atom. The van der Waals surface area contributed by atoms with Crippen LogP contribution < -0.4 is 9.47 Å². The molecule has 1 heterocycles. The van der Waals surface area contributed by atoms with E-state index in [1.165, 1.54) is 11.8 Å². The zero-order valence-electron chi connectivity index (χ0n) is 17.7. The van der Waals surface area contributed by atoms with Crippen LogP contribution >= 0.6 is 39.3 Å². The van der Waals surface area contributed by atoms with Crippen LogP contribution in [0.4, 0.5) is 5.69 Å². The van der Waals surface area contributed by atoms with Gasteiger partial charge in [0.05, 0.1) is 29.8 Å². The molecule has 1 fully saturated rings. The second kappa shape index (κ2) is 9.57. The lowest BCUT2D eigenvalue weighted by molar-refractivity contribution is -0.122. The molecule has 0 aliphatic carbocycles. The average Bonchev–Trinajstić information content (AvgIpc) is 3.09. The van der Waals surface area contributed by atoms with Crippen LogP contribution in [0.25, 0.3) is 16.8 Å². The number of thioether (sulfide) groups is 1. The van der Waals surface area contributed by atoms with Crippen molar-refractivity contribution in [3.8, 4) is 11.5 Å². The quantitative estimate of drug-likeness (QED) is 0.336. The van der Waals surface area contributed by atoms with Gasteiger partial charge in [0, 0.05) is 16.6 Å². The van der Waals surface area contributed by atoms with Gasteiger partial charge in [0.25, 0.3) is 5.91 Å². The fraction of sp³-hybridized carbons (Fsp3) is 0.167. The summed E-state index contributed by atoms with van der Waals surface area (Å²) in [6.07, 6.45) is 1.87. The zero-order chi connectivity index (χ0) is 22.8. The van der Waals surface area contributed by atoms with Crippen molar-refractivity contribution < 1.29 is 14.3 Å². The van der Waals surface area contributed by atoms with E-state index >= 15 is 0 Å². The van der Waals surface area contributed by atoms with Gasteiger partial charge < -0.3 is 9.47 Å². The fourth-order valence-electron chi connectivity index (χ4n) is 3.42. The van der Waals surface area contributed by atoms with E-state index in [2.05, 4.69) is 20.9 Å². The maximum absolute atomic E-state index is 13.2. The summed E-state index contributed by atoms with van der Waals surface area (Å²) < 4.78 is 11.8. The molecule has 1 saturated heterocycles. The zero-order valence-corrected chi connectivity index (χ0v) is 20.8. The third kappa shape index (κ3) is 4.37. The summed E-state index contributed by atoms with van der Waals surface area (Å²) in [5, 5.41) is 3.14. The van der Waals surface area contributed by atoms with Gasteiger partial charge in [-0.25, -0.2) is 4.99 Å². The van der Waals surface area contributed by atoms with Crippen LogP contribution in [0.1, 0.15) is 12.5 Å². The average molecular weight is 532 g/mol. The number of amidine groups is 1. The third-order valence-corrected chi connectivity index (χ3v) is 7.30. The van der Waals surface area contributed by atoms with Crippen LogP contribution in [0.2, 0.25) is 5.02 Å². The van der Waals surface area contributed by atoms with Gasteiger partial charge >= 0.3 is 0 Å². The van der Waals surface area contributed by atoms with E-state index in [9.17, 15) is 4.79 Å². The number of fused-ring (bicyclic) bond motifs is 1. The SMILES string of the molecule is CCN1C(=O)/C(=C\c2c(OC)ccc3ccc(OC)cc23)SC1=Nc1ccc(Br)c(Cl)c1. The van der Waals surface area contributed by atoms with Gasteiger partial charge in [-0.05, 0) is 87.9 Å². The van der Waals surface area contributed by atoms with E-state index in [0.717, 1.165) is 26.6 Å². The second-order valence-corrected chi connectivity index (χ2v) is 9.19. The van der Waals surface area contributed by atoms with Crippen molar-refractivity contribution in [2.75, 3.05) is 20.8 Å². The van der Waals surface area contributed by atoms with Crippen LogP contribution in [0, 0.1) is 0 Å². The second-order valence-electron chi connectivity index (χ2n) is 6.92. The Hall–Kier alpha value is -2.48. The first-order chi connectivity index (χ1) is 15.4. The van der Waals surface area contributed by atoms with Crippen molar-refractivity contribution in [1.82, 2.24) is 4.90 Å². The molecule has 0 saturated carbocycles. The number of rotatable bonds is 5. The van der Waals surface area contributed by atoms with Crippen molar-refractivity contribution in [2.45, 2.75) is 6.92 Å². The molecule has 1 aliphatic heterocycles. The highest BCUT2D eigenvalue weighted by molar-refractivity contribution is 9.10. The lowest BCUT2D eigenvalue weighted by Crippen LogP contribution is -2.28. The lowest BCUT2D eigenvalue weighted by atomic mass is 10.0. The number of likely N-dealkylation sites (N-methyl/N-ethyl adjacent to an activating group) is 1.